The van der Waals surface area contributed by atoms with E-state index in [1.165, 1.54) is 23.5 Å². The number of thiophene rings is 1. The molecule has 2 heterocycles. The van der Waals surface area contributed by atoms with Gasteiger partial charge in [-0.25, -0.2) is 14.4 Å². The standard InChI is InChI=1S/C16H15ClFN3OS/c1-9-12(10-3-5-11(18)6-4-10)13-14(19-7-2-8-22)20-16(17)21-15(13)23-9/h3-6,22H,2,7-8H2,1H3,(H,19,20,21). The first-order chi connectivity index (χ1) is 11.1. The number of nitrogens with zero attached hydrogens (tertiary/aromatic N) is 2. The first-order valence-electron chi connectivity index (χ1n) is 7.17. The summed E-state index contributed by atoms with van der Waals surface area (Å²) in [6.45, 7) is 2.68. The molecule has 0 aliphatic rings. The number of benzene rings is 1. The molecule has 0 bridgehead atoms. The minimum absolute atomic E-state index is 0.0996. The van der Waals surface area contributed by atoms with Crippen molar-refractivity contribution in [1.82, 2.24) is 9.97 Å². The SMILES string of the molecule is Cc1sc2nc(Cl)nc(NCCCO)c2c1-c1ccc(F)cc1. The van der Waals surface area contributed by atoms with Gasteiger partial charge in [0.25, 0.3) is 0 Å². The summed E-state index contributed by atoms with van der Waals surface area (Å²) in [6.07, 6.45) is 0.609. The quantitative estimate of drug-likeness (QED) is 0.533. The summed E-state index contributed by atoms with van der Waals surface area (Å²) in [7, 11) is 0. The van der Waals surface area contributed by atoms with Crippen molar-refractivity contribution in [1.29, 1.82) is 0 Å². The van der Waals surface area contributed by atoms with Gasteiger partial charge in [0.2, 0.25) is 5.28 Å². The van der Waals surface area contributed by atoms with Gasteiger partial charge >= 0.3 is 0 Å². The Hall–Kier alpha value is -1.76. The van der Waals surface area contributed by atoms with Gasteiger partial charge in [-0.05, 0) is 42.6 Å². The molecule has 0 saturated carbocycles. The molecule has 2 N–H and O–H groups in total. The Balaban J connectivity index is 2.16. The molecule has 0 amide bonds. The van der Waals surface area contributed by atoms with Crippen LogP contribution >= 0.6 is 22.9 Å². The van der Waals surface area contributed by atoms with Gasteiger partial charge in [-0.3, -0.25) is 0 Å². The highest BCUT2D eigenvalue weighted by atomic mass is 35.5. The molecule has 0 spiro atoms. The lowest BCUT2D eigenvalue weighted by Gasteiger charge is -2.09. The van der Waals surface area contributed by atoms with Crippen LogP contribution in [0.5, 0.6) is 0 Å². The lowest BCUT2D eigenvalue weighted by Crippen LogP contribution is -2.06. The lowest BCUT2D eigenvalue weighted by molar-refractivity contribution is 0.292. The van der Waals surface area contributed by atoms with E-state index in [1.54, 1.807) is 12.1 Å². The van der Waals surface area contributed by atoms with Crippen LogP contribution in [0.15, 0.2) is 24.3 Å². The van der Waals surface area contributed by atoms with E-state index in [4.69, 9.17) is 16.7 Å². The second-order valence-electron chi connectivity index (χ2n) is 5.07. The fraction of sp³-hybridized carbons (Fsp3) is 0.250. The molecule has 0 aliphatic carbocycles. The molecular weight excluding hydrogens is 337 g/mol. The molecule has 120 valence electrons. The fourth-order valence-corrected chi connectivity index (χ4v) is 3.73. The molecule has 0 saturated heterocycles. The number of hydrogen-bond acceptors (Lipinski definition) is 5. The number of rotatable bonds is 5. The van der Waals surface area contributed by atoms with E-state index in [0.717, 1.165) is 26.2 Å². The largest absolute Gasteiger partial charge is 0.396 e. The Morgan fingerprint density at radius 1 is 1.26 bits per heavy atom. The summed E-state index contributed by atoms with van der Waals surface area (Å²) in [5, 5.41) is 13.2. The number of aryl methyl sites for hydroxylation is 1. The number of nitrogens with one attached hydrogen (secondary N) is 1. The number of hydrogen-bond donors (Lipinski definition) is 2. The third kappa shape index (κ3) is 3.29. The summed E-state index contributed by atoms with van der Waals surface area (Å²) in [5.41, 5.74) is 1.89. The molecule has 0 aliphatic heterocycles. The highest BCUT2D eigenvalue weighted by Crippen LogP contribution is 2.41. The van der Waals surface area contributed by atoms with Gasteiger partial charge < -0.3 is 10.4 Å². The van der Waals surface area contributed by atoms with Crippen LogP contribution < -0.4 is 5.32 Å². The second-order valence-corrected chi connectivity index (χ2v) is 6.61. The Kier molecular flexibility index (Phi) is 4.75. The number of aliphatic hydroxyl groups is 1. The maximum absolute atomic E-state index is 13.2. The van der Waals surface area contributed by atoms with Crippen molar-refractivity contribution in [3.05, 3.63) is 40.2 Å². The van der Waals surface area contributed by atoms with E-state index in [1.807, 2.05) is 6.92 Å². The van der Waals surface area contributed by atoms with E-state index in [2.05, 4.69) is 15.3 Å². The van der Waals surface area contributed by atoms with Crippen molar-refractivity contribution >= 4 is 39.0 Å². The molecule has 1 aromatic carbocycles. The Bertz CT molecular complexity index is 835. The predicted octanol–water partition coefficient (Wildman–Crippen LogP) is 4.25. The molecule has 4 nitrogen and oxygen atoms in total. The van der Waals surface area contributed by atoms with E-state index in [9.17, 15) is 4.39 Å². The average Bonchev–Trinajstić information content (AvgIpc) is 2.84. The number of aliphatic hydroxyl groups excluding tert-OH is 1. The predicted molar refractivity (Wildman–Crippen MR) is 92.7 cm³/mol. The van der Waals surface area contributed by atoms with Crippen LogP contribution in [0.4, 0.5) is 10.2 Å². The number of halogens is 2. The molecule has 2 aromatic heterocycles. The third-order valence-corrected chi connectivity index (χ3v) is 4.63. The molecule has 0 radical (unpaired) electrons. The minimum Gasteiger partial charge on any atom is -0.396 e. The van der Waals surface area contributed by atoms with Crippen molar-refractivity contribution in [2.45, 2.75) is 13.3 Å². The first kappa shape index (κ1) is 16.1. The Morgan fingerprint density at radius 2 is 2.00 bits per heavy atom. The summed E-state index contributed by atoms with van der Waals surface area (Å²) in [5.74, 6) is 0.364. The summed E-state index contributed by atoms with van der Waals surface area (Å²) >= 11 is 7.54. The van der Waals surface area contributed by atoms with Crippen LogP contribution in [-0.2, 0) is 0 Å². The lowest BCUT2D eigenvalue weighted by atomic mass is 10.0. The monoisotopic (exact) mass is 351 g/mol. The molecular formula is C16H15ClFN3OS. The van der Waals surface area contributed by atoms with Crippen LogP contribution in [-0.4, -0.2) is 28.2 Å². The molecule has 0 fully saturated rings. The zero-order chi connectivity index (χ0) is 16.4. The van der Waals surface area contributed by atoms with Gasteiger partial charge in [0.1, 0.15) is 16.5 Å². The molecule has 7 heteroatoms. The van der Waals surface area contributed by atoms with Crippen LogP contribution in [0.25, 0.3) is 21.3 Å². The molecule has 3 rings (SSSR count). The van der Waals surface area contributed by atoms with Gasteiger partial charge in [0.05, 0.1) is 5.39 Å². The highest BCUT2D eigenvalue weighted by molar-refractivity contribution is 7.19. The average molecular weight is 352 g/mol. The van der Waals surface area contributed by atoms with Crippen molar-refractivity contribution in [3.63, 3.8) is 0 Å². The number of fused-ring (bicyclic) bond motifs is 1. The van der Waals surface area contributed by atoms with Crippen LogP contribution in [0.2, 0.25) is 5.28 Å². The van der Waals surface area contributed by atoms with Gasteiger partial charge in [-0.15, -0.1) is 11.3 Å². The summed E-state index contributed by atoms with van der Waals surface area (Å²) in [6, 6.07) is 6.37. The van der Waals surface area contributed by atoms with Gasteiger partial charge in [-0.1, -0.05) is 12.1 Å². The first-order valence-corrected chi connectivity index (χ1v) is 8.37. The molecule has 3 aromatic rings. The second kappa shape index (κ2) is 6.78. The summed E-state index contributed by atoms with van der Waals surface area (Å²) in [4.78, 5) is 10.4. The fourth-order valence-electron chi connectivity index (χ4n) is 2.46. The van der Waals surface area contributed by atoms with Crippen molar-refractivity contribution < 1.29 is 9.50 Å². The zero-order valence-corrected chi connectivity index (χ0v) is 14.0. The maximum Gasteiger partial charge on any atom is 0.225 e. The third-order valence-electron chi connectivity index (χ3n) is 3.46. The molecule has 0 unspecified atom stereocenters. The molecule has 23 heavy (non-hydrogen) atoms. The Labute approximate surface area is 142 Å². The van der Waals surface area contributed by atoms with Gasteiger partial charge in [0, 0.05) is 23.6 Å². The van der Waals surface area contributed by atoms with Crippen molar-refractivity contribution in [2.75, 3.05) is 18.5 Å². The highest BCUT2D eigenvalue weighted by Gasteiger charge is 2.18. The summed E-state index contributed by atoms with van der Waals surface area (Å²) < 4.78 is 13.2. The van der Waals surface area contributed by atoms with Crippen molar-refractivity contribution in [2.24, 2.45) is 0 Å². The normalized spacial score (nSPS) is 11.1. The van der Waals surface area contributed by atoms with Crippen LogP contribution in [0.3, 0.4) is 0 Å². The van der Waals surface area contributed by atoms with E-state index < -0.39 is 0 Å². The smallest absolute Gasteiger partial charge is 0.225 e. The number of aromatic nitrogens is 2. The van der Waals surface area contributed by atoms with Crippen molar-refractivity contribution in [3.8, 4) is 11.1 Å². The van der Waals surface area contributed by atoms with Gasteiger partial charge in [-0.2, -0.15) is 0 Å². The topological polar surface area (TPSA) is 58.0 Å². The van der Waals surface area contributed by atoms with E-state index >= 15 is 0 Å². The maximum atomic E-state index is 13.2. The van der Waals surface area contributed by atoms with E-state index in [0.29, 0.717) is 18.8 Å². The van der Waals surface area contributed by atoms with Crippen LogP contribution in [0.1, 0.15) is 11.3 Å². The van der Waals surface area contributed by atoms with E-state index in [-0.39, 0.29) is 17.7 Å². The number of anilines is 1. The zero-order valence-electron chi connectivity index (χ0n) is 12.4. The van der Waals surface area contributed by atoms with Gasteiger partial charge in [0.15, 0.2) is 0 Å². The van der Waals surface area contributed by atoms with Crippen LogP contribution in [0, 0.1) is 12.7 Å². The Morgan fingerprint density at radius 3 is 2.70 bits per heavy atom. The minimum atomic E-state index is -0.272. The molecule has 0 atom stereocenters.